The van der Waals surface area contributed by atoms with E-state index in [0.717, 1.165) is 17.8 Å². The van der Waals surface area contributed by atoms with E-state index in [4.69, 9.17) is 0 Å². The summed E-state index contributed by atoms with van der Waals surface area (Å²) in [4.78, 5) is 17.5. The highest BCUT2D eigenvalue weighted by Crippen LogP contribution is 2.22. The average Bonchev–Trinajstić information content (AvgIpc) is 2.92. The van der Waals surface area contributed by atoms with Crippen molar-refractivity contribution in [3.8, 4) is 0 Å². The van der Waals surface area contributed by atoms with Gasteiger partial charge < -0.3 is 4.57 Å². The molecule has 0 atom stereocenters. The van der Waals surface area contributed by atoms with Gasteiger partial charge in [0.25, 0.3) is 5.91 Å². The van der Waals surface area contributed by atoms with Gasteiger partial charge in [-0.2, -0.15) is 4.99 Å². The van der Waals surface area contributed by atoms with Crippen molar-refractivity contribution in [1.82, 2.24) is 4.57 Å². The van der Waals surface area contributed by atoms with Gasteiger partial charge in [0.1, 0.15) is 0 Å². The van der Waals surface area contributed by atoms with E-state index in [2.05, 4.69) is 41.6 Å². The highest BCUT2D eigenvalue weighted by atomic mass is 32.1. The molecule has 4 heteroatoms. The molecular formula is C18H18N2OS. The van der Waals surface area contributed by atoms with E-state index in [9.17, 15) is 4.79 Å². The zero-order valence-corrected chi connectivity index (χ0v) is 13.6. The van der Waals surface area contributed by atoms with E-state index in [0.29, 0.717) is 5.56 Å². The van der Waals surface area contributed by atoms with Crippen LogP contribution in [0, 0.1) is 0 Å². The van der Waals surface area contributed by atoms with Gasteiger partial charge in [-0.3, -0.25) is 4.79 Å². The van der Waals surface area contributed by atoms with E-state index in [1.54, 1.807) is 23.5 Å². The summed E-state index contributed by atoms with van der Waals surface area (Å²) < 4.78 is 3.32. The minimum atomic E-state index is -0.188. The molecule has 112 valence electrons. The van der Waals surface area contributed by atoms with Gasteiger partial charge in [-0.1, -0.05) is 48.6 Å². The van der Waals surface area contributed by atoms with Crippen LogP contribution in [-0.4, -0.2) is 10.5 Å². The number of aryl methyl sites for hydroxylation is 2. The van der Waals surface area contributed by atoms with Gasteiger partial charge in [0.2, 0.25) is 0 Å². The number of aromatic nitrogens is 1. The van der Waals surface area contributed by atoms with Crippen molar-refractivity contribution in [3.05, 3.63) is 64.5 Å². The predicted octanol–water partition coefficient (Wildman–Crippen LogP) is 4.03. The Morgan fingerprint density at radius 3 is 2.55 bits per heavy atom. The van der Waals surface area contributed by atoms with Crippen molar-refractivity contribution in [3.63, 3.8) is 0 Å². The van der Waals surface area contributed by atoms with Crippen LogP contribution < -0.4 is 4.80 Å². The van der Waals surface area contributed by atoms with Crippen molar-refractivity contribution >= 4 is 27.5 Å². The standard InChI is InChI=1S/C18H18N2OS/c1-3-13-11-8-12-15-16(13)20(4-2)18(22-15)19-17(21)14-9-6-5-7-10-14/h5-12H,3-4H2,1-2H3. The lowest BCUT2D eigenvalue weighted by Gasteiger charge is -2.05. The zero-order valence-electron chi connectivity index (χ0n) is 12.7. The fourth-order valence-corrected chi connectivity index (χ4v) is 3.74. The Morgan fingerprint density at radius 1 is 1.09 bits per heavy atom. The van der Waals surface area contributed by atoms with Crippen LogP contribution in [0.5, 0.6) is 0 Å². The molecular weight excluding hydrogens is 292 g/mol. The molecule has 1 heterocycles. The summed E-state index contributed by atoms with van der Waals surface area (Å²) >= 11 is 1.58. The summed E-state index contributed by atoms with van der Waals surface area (Å²) in [5.74, 6) is -0.188. The number of fused-ring (bicyclic) bond motifs is 1. The molecule has 0 saturated heterocycles. The summed E-state index contributed by atoms with van der Waals surface area (Å²) in [6.45, 7) is 5.04. The van der Waals surface area contributed by atoms with Gasteiger partial charge in [0.05, 0.1) is 10.2 Å². The van der Waals surface area contributed by atoms with Crippen molar-refractivity contribution in [2.24, 2.45) is 4.99 Å². The van der Waals surface area contributed by atoms with Gasteiger partial charge in [0.15, 0.2) is 4.80 Å². The quantitative estimate of drug-likeness (QED) is 0.719. The third kappa shape index (κ3) is 2.62. The second-order valence-electron chi connectivity index (χ2n) is 5.03. The zero-order chi connectivity index (χ0) is 15.5. The number of benzene rings is 2. The fraction of sp³-hybridized carbons (Fsp3) is 0.222. The monoisotopic (exact) mass is 310 g/mol. The summed E-state index contributed by atoms with van der Waals surface area (Å²) in [6.07, 6.45) is 0.972. The molecule has 0 N–H and O–H groups in total. The molecule has 0 aliphatic heterocycles. The number of carbonyl (C=O) groups is 1. The van der Waals surface area contributed by atoms with E-state index in [-0.39, 0.29) is 5.91 Å². The molecule has 0 saturated carbocycles. The fourth-order valence-electron chi connectivity index (χ4n) is 2.60. The number of amides is 1. The average molecular weight is 310 g/mol. The minimum Gasteiger partial charge on any atom is -0.316 e. The second kappa shape index (κ2) is 6.28. The van der Waals surface area contributed by atoms with Crippen LogP contribution in [0.1, 0.15) is 29.8 Å². The smallest absolute Gasteiger partial charge is 0.279 e. The van der Waals surface area contributed by atoms with Gasteiger partial charge in [-0.05, 0) is 37.1 Å². The maximum Gasteiger partial charge on any atom is 0.279 e. The summed E-state index contributed by atoms with van der Waals surface area (Å²) in [7, 11) is 0. The molecule has 0 aliphatic rings. The number of hydrogen-bond acceptors (Lipinski definition) is 2. The van der Waals surface area contributed by atoms with Gasteiger partial charge in [0, 0.05) is 12.1 Å². The van der Waals surface area contributed by atoms with Crippen LogP contribution >= 0.6 is 11.3 Å². The number of nitrogens with zero attached hydrogens (tertiary/aromatic N) is 2. The lowest BCUT2D eigenvalue weighted by atomic mass is 10.1. The maximum atomic E-state index is 12.3. The first-order chi connectivity index (χ1) is 10.7. The largest absolute Gasteiger partial charge is 0.316 e. The number of thiazole rings is 1. The first-order valence-corrected chi connectivity index (χ1v) is 8.31. The lowest BCUT2D eigenvalue weighted by molar-refractivity contribution is 0.0998. The highest BCUT2D eigenvalue weighted by Gasteiger charge is 2.10. The maximum absolute atomic E-state index is 12.3. The van der Waals surface area contributed by atoms with Crippen molar-refractivity contribution in [2.45, 2.75) is 26.8 Å². The third-order valence-corrected chi connectivity index (χ3v) is 4.74. The topological polar surface area (TPSA) is 34.4 Å². The summed E-state index contributed by atoms with van der Waals surface area (Å²) in [5.41, 5.74) is 3.12. The molecule has 0 aliphatic carbocycles. The molecule has 1 amide bonds. The van der Waals surface area contributed by atoms with Crippen LogP contribution in [0.15, 0.2) is 53.5 Å². The summed E-state index contributed by atoms with van der Waals surface area (Å²) in [6, 6.07) is 15.5. The third-order valence-electron chi connectivity index (χ3n) is 3.70. The highest BCUT2D eigenvalue weighted by molar-refractivity contribution is 7.16. The Kier molecular flexibility index (Phi) is 4.20. The Bertz CT molecular complexity index is 875. The van der Waals surface area contributed by atoms with Crippen molar-refractivity contribution in [1.29, 1.82) is 0 Å². The van der Waals surface area contributed by atoms with Gasteiger partial charge in [-0.15, -0.1) is 0 Å². The van der Waals surface area contributed by atoms with Crippen molar-refractivity contribution in [2.75, 3.05) is 0 Å². The van der Waals surface area contributed by atoms with E-state index in [1.807, 2.05) is 18.2 Å². The van der Waals surface area contributed by atoms with E-state index >= 15 is 0 Å². The molecule has 0 fully saturated rings. The van der Waals surface area contributed by atoms with Crippen molar-refractivity contribution < 1.29 is 4.79 Å². The van der Waals surface area contributed by atoms with Crippen LogP contribution in [0.2, 0.25) is 0 Å². The number of rotatable bonds is 3. The van der Waals surface area contributed by atoms with E-state index < -0.39 is 0 Å². The molecule has 3 rings (SSSR count). The molecule has 0 radical (unpaired) electrons. The van der Waals surface area contributed by atoms with Gasteiger partial charge >= 0.3 is 0 Å². The molecule has 3 nitrogen and oxygen atoms in total. The first kappa shape index (κ1) is 14.7. The Labute approximate surface area is 133 Å². The first-order valence-electron chi connectivity index (χ1n) is 7.50. The molecule has 0 bridgehead atoms. The second-order valence-corrected chi connectivity index (χ2v) is 6.04. The van der Waals surface area contributed by atoms with Crippen LogP contribution in [-0.2, 0) is 13.0 Å². The molecule has 3 aromatic rings. The molecule has 1 aromatic heterocycles. The molecule has 0 spiro atoms. The Balaban J connectivity index is 2.19. The number of carbonyl (C=O) groups excluding carboxylic acids is 1. The Morgan fingerprint density at radius 2 is 1.86 bits per heavy atom. The summed E-state index contributed by atoms with van der Waals surface area (Å²) in [5, 5.41) is 0. The number of para-hydroxylation sites is 1. The molecule has 22 heavy (non-hydrogen) atoms. The normalized spacial score (nSPS) is 12.0. The van der Waals surface area contributed by atoms with Gasteiger partial charge in [-0.25, -0.2) is 0 Å². The molecule has 2 aromatic carbocycles. The number of hydrogen-bond donors (Lipinski definition) is 0. The lowest BCUT2D eigenvalue weighted by Crippen LogP contribution is -2.16. The Hall–Kier alpha value is -2.20. The van der Waals surface area contributed by atoms with Crippen LogP contribution in [0.3, 0.4) is 0 Å². The SMILES string of the molecule is CCc1cccc2sc(=NC(=O)c3ccccc3)n(CC)c12. The minimum absolute atomic E-state index is 0.188. The predicted molar refractivity (Wildman–Crippen MR) is 91.2 cm³/mol. The van der Waals surface area contributed by atoms with Crippen LogP contribution in [0.4, 0.5) is 0 Å². The van der Waals surface area contributed by atoms with Crippen LogP contribution in [0.25, 0.3) is 10.2 Å². The van der Waals surface area contributed by atoms with E-state index in [1.165, 1.54) is 15.8 Å². The molecule has 0 unspecified atom stereocenters.